The zero-order valence-electron chi connectivity index (χ0n) is 9.65. The van der Waals surface area contributed by atoms with Crippen LogP contribution in [0.15, 0.2) is 42.5 Å². The van der Waals surface area contributed by atoms with Crippen LogP contribution in [-0.2, 0) is 0 Å². The van der Waals surface area contributed by atoms with E-state index >= 15 is 0 Å². The molecule has 19 heavy (non-hydrogen) atoms. The summed E-state index contributed by atoms with van der Waals surface area (Å²) in [7, 11) is 0. The highest BCUT2D eigenvalue weighted by Crippen LogP contribution is 2.18. The summed E-state index contributed by atoms with van der Waals surface area (Å²) in [5.74, 6) is -0.942. The third kappa shape index (κ3) is 3.09. The van der Waals surface area contributed by atoms with Gasteiger partial charge in [0.05, 0.1) is 11.3 Å². The summed E-state index contributed by atoms with van der Waals surface area (Å²) >= 11 is 5.79. The molecule has 2 rings (SSSR count). The van der Waals surface area contributed by atoms with Gasteiger partial charge in [0.1, 0.15) is 11.9 Å². The van der Waals surface area contributed by atoms with Gasteiger partial charge in [-0.3, -0.25) is 4.79 Å². The second-order valence-electron chi connectivity index (χ2n) is 3.77. The van der Waals surface area contributed by atoms with Gasteiger partial charge in [-0.15, -0.1) is 0 Å². The molecule has 2 aromatic rings. The highest BCUT2D eigenvalue weighted by atomic mass is 35.5. The van der Waals surface area contributed by atoms with E-state index in [1.54, 1.807) is 18.2 Å². The van der Waals surface area contributed by atoms with E-state index in [-0.39, 0.29) is 11.3 Å². The second kappa shape index (κ2) is 5.51. The van der Waals surface area contributed by atoms with Crippen LogP contribution in [0.1, 0.15) is 15.9 Å². The van der Waals surface area contributed by atoms with Crippen molar-refractivity contribution in [2.45, 2.75) is 0 Å². The van der Waals surface area contributed by atoms with Gasteiger partial charge in [-0.1, -0.05) is 17.7 Å². The number of carbonyl (C=O) groups excluding carboxylic acids is 1. The maximum absolute atomic E-state index is 13.0. The Hall–Kier alpha value is -2.38. The Bertz CT molecular complexity index is 679. The standard InChI is InChI=1S/C14H8ClFN2O/c15-11-3-1-2-9(6-11)14(19)18-13-5-4-12(16)7-10(13)8-17/h1-7H,(H,18,19). The minimum absolute atomic E-state index is 0.0652. The van der Waals surface area contributed by atoms with Crippen LogP contribution in [0.4, 0.5) is 10.1 Å². The van der Waals surface area contributed by atoms with Crippen molar-refractivity contribution in [3.8, 4) is 6.07 Å². The number of nitriles is 1. The van der Waals surface area contributed by atoms with Gasteiger partial charge in [0.2, 0.25) is 0 Å². The molecule has 0 atom stereocenters. The number of anilines is 1. The van der Waals surface area contributed by atoms with Crippen LogP contribution in [0.5, 0.6) is 0 Å². The van der Waals surface area contributed by atoms with Crippen LogP contribution in [0.25, 0.3) is 0 Å². The molecule has 1 N–H and O–H groups in total. The number of carbonyl (C=O) groups is 1. The Morgan fingerprint density at radius 1 is 1.26 bits per heavy atom. The van der Waals surface area contributed by atoms with Crippen molar-refractivity contribution in [3.05, 3.63) is 64.4 Å². The molecule has 0 aliphatic rings. The van der Waals surface area contributed by atoms with Gasteiger partial charge in [0, 0.05) is 10.6 Å². The summed E-state index contributed by atoms with van der Waals surface area (Å²) in [5.41, 5.74) is 0.685. The first-order valence-electron chi connectivity index (χ1n) is 5.37. The van der Waals surface area contributed by atoms with Crippen molar-refractivity contribution in [2.75, 3.05) is 5.32 Å². The summed E-state index contributed by atoms with van der Waals surface area (Å²) in [6.07, 6.45) is 0. The topological polar surface area (TPSA) is 52.9 Å². The molecule has 0 bridgehead atoms. The molecule has 0 aromatic heterocycles. The third-order valence-corrected chi connectivity index (χ3v) is 2.67. The van der Waals surface area contributed by atoms with E-state index in [2.05, 4.69) is 5.32 Å². The molecule has 0 fully saturated rings. The molecule has 94 valence electrons. The molecule has 0 saturated carbocycles. The zero-order chi connectivity index (χ0) is 13.8. The van der Waals surface area contributed by atoms with E-state index in [0.29, 0.717) is 10.6 Å². The van der Waals surface area contributed by atoms with Gasteiger partial charge in [-0.2, -0.15) is 5.26 Å². The van der Waals surface area contributed by atoms with E-state index in [1.807, 2.05) is 6.07 Å². The van der Waals surface area contributed by atoms with E-state index < -0.39 is 11.7 Å². The van der Waals surface area contributed by atoms with Gasteiger partial charge < -0.3 is 5.32 Å². The first-order chi connectivity index (χ1) is 9.10. The van der Waals surface area contributed by atoms with Gasteiger partial charge >= 0.3 is 0 Å². The van der Waals surface area contributed by atoms with Gasteiger partial charge in [-0.05, 0) is 36.4 Å². The molecular formula is C14H8ClFN2O. The zero-order valence-corrected chi connectivity index (χ0v) is 10.4. The molecule has 0 heterocycles. The Morgan fingerprint density at radius 2 is 2.05 bits per heavy atom. The fourth-order valence-electron chi connectivity index (χ4n) is 1.54. The molecular weight excluding hydrogens is 267 g/mol. The lowest BCUT2D eigenvalue weighted by molar-refractivity contribution is 0.102. The number of amides is 1. The van der Waals surface area contributed by atoms with E-state index in [4.69, 9.17) is 16.9 Å². The minimum Gasteiger partial charge on any atom is -0.321 e. The van der Waals surface area contributed by atoms with Crippen LogP contribution in [0.2, 0.25) is 5.02 Å². The molecule has 0 aliphatic carbocycles. The maximum Gasteiger partial charge on any atom is 0.255 e. The summed E-state index contributed by atoms with van der Waals surface area (Å²) < 4.78 is 13.0. The lowest BCUT2D eigenvalue weighted by Gasteiger charge is -2.07. The van der Waals surface area contributed by atoms with Crippen LogP contribution in [-0.4, -0.2) is 5.91 Å². The first kappa shape index (κ1) is 13.1. The van der Waals surface area contributed by atoms with Crippen molar-refractivity contribution in [2.24, 2.45) is 0 Å². The van der Waals surface area contributed by atoms with Crippen LogP contribution in [0, 0.1) is 17.1 Å². The number of nitrogens with one attached hydrogen (secondary N) is 1. The Balaban J connectivity index is 2.27. The van der Waals surface area contributed by atoms with Crippen LogP contribution < -0.4 is 5.32 Å². The fourth-order valence-corrected chi connectivity index (χ4v) is 1.73. The number of benzene rings is 2. The van der Waals surface area contributed by atoms with Crippen molar-refractivity contribution in [1.29, 1.82) is 5.26 Å². The maximum atomic E-state index is 13.0. The number of hydrogen-bond acceptors (Lipinski definition) is 2. The van der Waals surface area contributed by atoms with Crippen molar-refractivity contribution in [1.82, 2.24) is 0 Å². The smallest absolute Gasteiger partial charge is 0.255 e. The molecule has 5 heteroatoms. The first-order valence-corrected chi connectivity index (χ1v) is 5.74. The van der Waals surface area contributed by atoms with E-state index in [1.165, 1.54) is 18.2 Å². The number of halogens is 2. The summed E-state index contributed by atoms with van der Waals surface area (Å²) in [4.78, 5) is 11.9. The van der Waals surface area contributed by atoms with Crippen molar-refractivity contribution in [3.63, 3.8) is 0 Å². The van der Waals surface area contributed by atoms with Crippen LogP contribution in [0.3, 0.4) is 0 Å². The summed E-state index contributed by atoms with van der Waals surface area (Å²) in [6.45, 7) is 0. The minimum atomic E-state index is -0.530. The van der Waals surface area contributed by atoms with E-state index in [9.17, 15) is 9.18 Å². The SMILES string of the molecule is N#Cc1cc(F)ccc1NC(=O)c1cccc(Cl)c1. The number of rotatable bonds is 2. The predicted octanol–water partition coefficient (Wildman–Crippen LogP) is 3.60. The normalized spacial score (nSPS) is 9.74. The van der Waals surface area contributed by atoms with Crippen molar-refractivity contribution >= 4 is 23.2 Å². The number of nitrogens with zero attached hydrogens (tertiary/aromatic N) is 1. The van der Waals surface area contributed by atoms with Gasteiger partial charge in [0.25, 0.3) is 5.91 Å². The number of hydrogen-bond donors (Lipinski definition) is 1. The van der Waals surface area contributed by atoms with Crippen LogP contribution >= 0.6 is 11.6 Å². The lowest BCUT2D eigenvalue weighted by atomic mass is 10.1. The Labute approximate surface area is 114 Å². The monoisotopic (exact) mass is 274 g/mol. The second-order valence-corrected chi connectivity index (χ2v) is 4.20. The molecule has 0 spiro atoms. The predicted molar refractivity (Wildman–Crippen MR) is 70.5 cm³/mol. The third-order valence-electron chi connectivity index (χ3n) is 2.44. The van der Waals surface area contributed by atoms with E-state index in [0.717, 1.165) is 6.07 Å². The lowest BCUT2D eigenvalue weighted by Crippen LogP contribution is -2.12. The largest absolute Gasteiger partial charge is 0.321 e. The summed E-state index contributed by atoms with van der Waals surface area (Å²) in [5, 5.41) is 11.9. The average molecular weight is 275 g/mol. The average Bonchev–Trinajstić information content (AvgIpc) is 2.40. The molecule has 3 nitrogen and oxygen atoms in total. The van der Waals surface area contributed by atoms with Gasteiger partial charge in [-0.25, -0.2) is 4.39 Å². The highest BCUT2D eigenvalue weighted by molar-refractivity contribution is 6.31. The molecule has 0 saturated heterocycles. The molecule has 0 unspecified atom stereocenters. The molecule has 0 radical (unpaired) electrons. The highest BCUT2D eigenvalue weighted by Gasteiger charge is 2.10. The molecule has 2 aromatic carbocycles. The summed E-state index contributed by atoms with van der Waals surface area (Å²) in [6, 6.07) is 11.8. The quantitative estimate of drug-likeness (QED) is 0.909. The fraction of sp³-hybridized carbons (Fsp3) is 0. The Kier molecular flexibility index (Phi) is 3.79. The Morgan fingerprint density at radius 3 is 2.74 bits per heavy atom. The molecule has 0 aliphatic heterocycles. The van der Waals surface area contributed by atoms with Crippen molar-refractivity contribution < 1.29 is 9.18 Å². The van der Waals surface area contributed by atoms with Gasteiger partial charge in [0.15, 0.2) is 0 Å². The molecule has 1 amide bonds.